The summed E-state index contributed by atoms with van der Waals surface area (Å²) in [4.78, 5) is 19.1. The van der Waals surface area contributed by atoms with Crippen LogP contribution in [0.15, 0.2) is 119 Å². The van der Waals surface area contributed by atoms with Gasteiger partial charge in [0.1, 0.15) is 11.3 Å². The second kappa shape index (κ2) is 10.1. The first-order valence-electron chi connectivity index (χ1n) is 12.3. The molecular formula is C33H24N4O. The Morgan fingerprint density at radius 1 is 0.658 bits per heavy atom. The smallest absolute Gasteiger partial charge is 0.164 e. The summed E-state index contributed by atoms with van der Waals surface area (Å²) in [5.41, 5.74) is 6.30. The molecule has 182 valence electrons. The molecule has 0 aliphatic carbocycles. The standard InChI is InChI=1S/C33H24N4O/c1-3-28-27(21-34-2)30-26(19-25(20-29(30)38-28)22-13-7-4-8-14-22)33-36-31(23-15-9-5-10-16-23)35-32(37-33)24-17-11-6-12-18-24/h3-21H,1H2,2H3/b34-21-. The number of benzene rings is 4. The Kier molecular flexibility index (Phi) is 6.16. The summed E-state index contributed by atoms with van der Waals surface area (Å²) >= 11 is 0. The first kappa shape index (κ1) is 23.3. The van der Waals surface area contributed by atoms with Crippen molar-refractivity contribution in [1.82, 2.24) is 15.0 Å². The molecule has 38 heavy (non-hydrogen) atoms. The molecule has 0 radical (unpaired) electrons. The highest BCUT2D eigenvalue weighted by Gasteiger charge is 2.21. The monoisotopic (exact) mass is 492 g/mol. The molecule has 0 N–H and O–H groups in total. The van der Waals surface area contributed by atoms with E-state index in [1.807, 2.05) is 84.9 Å². The Balaban J connectivity index is 1.70. The van der Waals surface area contributed by atoms with Crippen LogP contribution in [0.1, 0.15) is 11.3 Å². The zero-order valence-electron chi connectivity index (χ0n) is 20.9. The van der Waals surface area contributed by atoms with Gasteiger partial charge in [-0.05, 0) is 29.3 Å². The third-order valence-corrected chi connectivity index (χ3v) is 6.35. The fourth-order valence-electron chi connectivity index (χ4n) is 4.58. The Morgan fingerprint density at radius 3 is 1.71 bits per heavy atom. The summed E-state index contributed by atoms with van der Waals surface area (Å²) in [6.07, 6.45) is 3.51. The molecule has 5 nitrogen and oxygen atoms in total. The van der Waals surface area contributed by atoms with E-state index in [1.54, 1.807) is 19.3 Å². The SMILES string of the molecule is C=Cc1oc2cc(-c3ccccc3)cc(-c3nc(-c4ccccc4)nc(-c4ccccc4)n3)c2c1/C=N\C. The van der Waals surface area contributed by atoms with Crippen LogP contribution in [0.5, 0.6) is 0 Å². The van der Waals surface area contributed by atoms with E-state index in [-0.39, 0.29) is 0 Å². The van der Waals surface area contributed by atoms with Gasteiger partial charge in [0.25, 0.3) is 0 Å². The summed E-state index contributed by atoms with van der Waals surface area (Å²) < 4.78 is 6.27. The minimum atomic E-state index is 0.558. The van der Waals surface area contributed by atoms with Crippen molar-refractivity contribution >= 4 is 23.3 Å². The molecule has 2 heterocycles. The Hall–Kier alpha value is -5.16. The number of aromatic nitrogens is 3. The van der Waals surface area contributed by atoms with Crippen molar-refractivity contribution in [3.63, 3.8) is 0 Å². The zero-order chi connectivity index (χ0) is 25.9. The van der Waals surface area contributed by atoms with Gasteiger partial charge in [0, 0.05) is 40.9 Å². The van der Waals surface area contributed by atoms with E-state index < -0.39 is 0 Å². The number of fused-ring (bicyclic) bond motifs is 1. The topological polar surface area (TPSA) is 64.2 Å². The van der Waals surface area contributed by atoms with Gasteiger partial charge in [-0.15, -0.1) is 0 Å². The minimum Gasteiger partial charge on any atom is -0.456 e. The molecule has 0 saturated heterocycles. The van der Waals surface area contributed by atoms with Gasteiger partial charge in [-0.2, -0.15) is 0 Å². The lowest BCUT2D eigenvalue weighted by Gasteiger charge is -2.11. The zero-order valence-corrected chi connectivity index (χ0v) is 20.9. The lowest BCUT2D eigenvalue weighted by molar-refractivity contribution is 0.604. The van der Waals surface area contributed by atoms with E-state index in [9.17, 15) is 0 Å². The van der Waals surface area contributed by atoms with Crippen LogP contribution in [0.2, 0.25) is 0 Å². The summed E-state index contributed by atoms with van der Waals surface area (Å²) in [7, 11) is 1.74. The number of nitrogens with zero attached hydrogens (tertiary/aromatic N) is 4. The first-order chi connectivity index (χ1) is 18.7. The molecule has 2 aromatic heterocycles. The van der Waals surface area contributed by atoms with E-state index in [0.717, 1.165) is 38.8 Å². The highest BCUT2D eigenvalue weighted by Crippen LogP contribution is 2.38. The molecule has 5 heteroatoms. The molecular weight excluding hydrogens is 468 g/mol. The third-order valence-electron chi connectivity index (χ3n) is 6.35. The van der Waals surface area contributed by atoms with Gasteiger partial charge in [-0.25, -0.2) is 15.0 Å². The average Bonchev–Trinajstić information content (AvgIpc) is 3.35. The van der Waals surface area contributed by atoms with Crippen molar-refractivity contribution in [2.45, 2.75) is 0 Å². The van der Waals surface area contributed by atoms with Gasteiger partial charge < -0.3 is 4.42 Å². The molecule has 0 saturated carbocycles. The van der Waals surface area contributed by atoms with Crippen molar-refractivity contribution in [1.29, 1.82) is 0 Å². The van der Waals surface area contributed by atoms with E-state index in [1.165, 1.54) is 0 Å². The summed E-state index contributed by atoms with van der Waals surface area (Å²) in [5.74, 6) is 2.41. The highest BCUT2D eigenvalue weighted by atomic mass is 16.3. The number of furan rings is 1. The van der Waals surface area contributed by atoms with Crippen molar-refractivity contribution in [2.75, 3.05) is 7.05 Å². The normalized spacial score (nSPS) is 11.3. The van der Waals surface area contributed by atoms with Crippen LogP contribution < -0.4 is 0 Å². The van der Waals surface area contributed by atoms with Gasteiger partial charge in [0.15, 0.2) is 17.5 Å². The molecule has 6 rings (SSSR count). The predicted molar refractivity (Wildman–Crippen MR) is 155 cm³/mol. The largest absolute Gasteiger partial charge is 0.456 e. The van der Waals surface area contributed by atoms with Gasteiger partial charge in [-0.3, -0.25) is 4.99 Å². The maximum absolute atomic E-state index is 6.27. The molecule has 0 unspecified atom stereocenters. The molecule has 0 bridgehead atoms. The molecule has 4 aromatic carbocycles. The molecule has 0 atom stereocenters. The Bertz CT molecular complexity index is 1720. The van der Waals surface area contributed by atoms with Crippen LogP contribution in [0.25, 0.3) is 62.3 Å². The van der Waals surface area contributed by atoms with E-state index in [2.05, 4.69) is 29.8 Å². The third kappa shape index (κ3) is 4.31. The van der Waals surface area contributed by atoms with Crippen LogP contribution in [0.4, 0.5) is 0 Å². The lowest BCUT2D eigenvalue weighted by atomic mass is 9.97. The van der Waals surface area contributed by atoms with Gasteiger partial charge >= 0.3 is 0 Å². The number of rotatable bonds is 6. The van der Waals surface area contributed by atoms with Crippen molar-refractivity contribution in [2.24, 2.45) is 4.99 Å². The molecule has 6 aromatic rings. The average molecular weight is 493 g/mol. The predicted octanol–water partition coefficient (Wildman–Crippen LogP) is 7.98. The van der Waals surface area contributed by atoms with E-state index >= 15 is 0 Å². The quantitative estimate of drug-likeness (QED) is 0.221. The van der Waals surface area contributed by atoms with Crippen molar-refractivity contribution in [3.05, 3.63) is 121 Å². The fourth-order valence-corrected chi connectivity index (χ4v) is 4.58. The maximum Gasteiger partial charge on any atom is 0.164 e. The molecule has 0 aliphatic rings. The van der Waals surface area contributed by atoms with Gasteiger partial charge in [0.2, 0.25) is 0 Å². The first-order valence-corrected chi connectivity index (χ1v) is 12.3. The van der Waals surface area contributed by atoms with Crippen LogP contribution >= 0.6 is 0 Å². The molecule has 0 spiro atoms. The molecule has 0 fully saturated rings. The van der Waals surface area contributed by atoms with Crippen LogP contribution in [0.3, 0.4) is 0 Å². The Morgan fingerprint density at radius 2 is 1.18 bits per heavy atom. The molecule has 0 amide bonds. The van der Waals surface area contributed by atoms with E-state index in [4.69, 9.17) is 19.4 Å². The number of hydrogen-bond acceptors (Lipinski definition) is 5. The van der Waals surface area contributed by atoms with Crippen LogP contribution in [0, 0.1) is 0 Å². The molecule has 0 aliphatic heterocycles. The van der Waals surface area contributed by atoms with Gasteiger partial charge in [0.05, 0.1) is 0 Å². The number of aliphatic imine (C=N–C) groups is 1. The fraction of sp³-hybridized carbons (Fsp3) is 0.0303. The van der Waals surface area contributed by atoms with Crippen LogP contribution in [-0.2, 0) is 0 Å². The minimum absolute atomic E-state index is 0.558. The summed E-state index contributed by atoms with van der Waals surface area (Å²) in [6, 6.07) is 34.3. The van der Waals surface area contributed by atoms with Crippen molar-refractivity contribution < 1.29 is 4.42 Å². The number of hydrogen-bond donors (Lipinski definition) is 0. The summed E-state index contributed by atoms with van der Waals surface area (Å²) in [5, 5.41) is 0.884. The van der Waals surface area contributed by atoms with Gasteiger partial charge in [-0.1, -0.05) is 97.6 Å². The maximum atomic E-state index is 6.27. The Labute approximate surface area is 220 Å². The van der Waals surface area contributed by atoms with E-state index in [0.29, 0.717) is 28.8 Å². The lowest BCUT2D eigenvalue weighted by Crippen LogP contribution is -2.01. The summed E-state index contributed by atoms with van der Waals surface area (Å²) in [6.45, 7) is 3.96. The van der Waals surface area contributed by atoms with Crippen molar-refractivity contribution in [3.8, 4) is 45.3 Å². The van der Waals surface area contributed by atoms with Crippen LogP contribution in [-0.4, -0.2) is 28.2 Å². The second-order valence-corrected chi connectivity index (χ2v) is 8.77. The second-order valence-electron chi connectivity index (χ2n) is 8.77. The highest BCUT2D eigenvalue weighted by molar-refractivity contribution is 6.09.